The number of aromatic nitrogens is 1. The number of allylic oxidation sites excluding steroid dienone is 2. The largest absolute Gasteiger partial charge is 0.341 e. The predicted molar refractivity (Wildman–Crippen MR) is 60.9 cm³/mol. The molecule has 1 aromatic rings. The standard InChI is InChI=1S/C13H9N3/c14-8-10-3-4-12-13-11(2-1-6-15-13)5-7-16(12)9-10/h1-6,9H,7H2. The first-order valence-corrected chi connectivity index (χ1v) is 5.11. The van der Waals surface area contributed by atoms with Crippen LogP contribution in [0.15, 0.2) is 42.3 Å². The first kappa shape index (κ1) is 8.93. The number of fused-ring (bicyclic) bond motifs is 2. The van der Waals surface area contributed by atoms with Gasteiger partial charge in [0.25, 0.3) is 0 Å². The molecule has 0 aliphatic carbocycles. The molecule has 0 atom stereocenters. The second-order valence-electron chi connectivity index (χ2n) is 3.71. The third kappa shape index (κ3) is 1.24. The Balaban J connectivity index is 2.27. The molecule has 0 saturated heterocycles. The van der Waals surface area contributed by atoms with Crippen molar-refractivity contribution in [1.29, 1.82) is 5.26 Å². The maximum absolute atomic E-state index is 8.85. The first-order valence-electron chi connectivity index (χ1n) is 5.11. The summed E-state index contributed by atoms with van der Waals surface area (Å²) in [4.78, 5) is 6.43. The molecule has 0 aromatic carbocycles. The zero-order chi connectivity index (χ0) is 11.0. The van der Waals surface area contributed by atoms with E-state index in [0.29, 0.717) is 5.57 Å². The summed E-state index contributed by atoms with van der Waals surface area (Å²) in [7, 11) is 0. The Bertz CT molecular complexity index is 659. The highest BCUT2D eigenvalue weighted by molar-refractivity contribution is 5.64. The maximum Gasteiger partial charge on any atom is 0.101 e. The van der Waals surface area contributed by atoms with E-state index in [1.54, 1.807) is 6.20 Å². The molecule has 1 aromatic heterocycles. The molecule has 0 spiro atoms. The van der Waals surface area contributed by atoms with Gasteiger partial charge in [0.2, 0.25) is 0 Å². The summed E-state index contributed by atoms with van der Waals surface area (Å²) in [6.45, 7) is 0.795. The van der Waals surface area contributed by atoms with E-state index in [9.17, 15) is 0 Å². The van der Waals surface area contributed by atoms with Crippen LogP contribution in [-0.2, 0) is 0 Å². The Morgan fingerprint density at radius 3 is 3.19 bits per heavy atom. The molecule has 0 radical (unpaired) electrons. The fourth-order valence-electron chi connectivity index (χ4n) is 1.97. The molecular formula is C13H9N3. The Hall–Kier alpha value is -2.34. The van der Waals surface area contributed by atoms with Gasteiger partial charge in [0, 0.05) is 24.2 Å². The van der Waals surface area contributed by atoms with E-state index in [1.807, 2.05) is 29.3 Å². The van der Waals surface area contributed by atoms with E-state index in [1.165, 1.54) is 0 Å². The van der Waals surface area contributed by atoms with Crippen molar-refractivity contribution in [2.45, 2.75) is 0 Å². The van der Waals surface area contributed by atoms with Gasteiger partial charge < -0.3 is 4.90 Å². The molecule has 0 saturated carbocycles. The Morgan fingerprint density at radius 2 is 2.31 bits per heavy atom. The zero-order valence-electron chi connectivity index (χ0n) is 8.59. The lowest BCUT2D eigenvalue weighted by Crippen LogP contribution is -2.40. The summed E-state index contributed by atoms with van der Waals surface area (Å²) in [6.07, 6.45) is 9.56. The van der Waals surface area contributed by atoms with E-state index < -0.39 is 0 Å². The molecule has 3 nitrogen and oxygen atoms in total. The van der Waals surface area contributed by atoms with Gasteiger partial charge in [0.15, 0.2) is 0 Å². The molecule has 2 aliphatic rings. The number of hydrogen-bond acceptors (Lipinski definition) is 3. The highest BCUT2D eigenvalue weighted by atomic mass is 15.1. The zero-order valence-corrected chi connectivity index (χ0v) is 8.59. The van der Waals surface area contributed by atoms with Crippen molar-refractivity contribution in [1.82, 2.24) is 9.88 Å². The van der Waals surface area contributed by atoms with E-state index in [4.69, 9.17) is 5.26 Å². The minimum absolute atomic E-state index is 0.677. The fraction of sp³-hybridized carbons (Fsp3) is 0.0769. The van der Waals surface area contributed by atoms with Gasteiger partial charge in [-0.05, 0) is 18.2 Å². The van der Waals surface area contributed by atoms with E-state index in [-0.39, 0.29) is 0 Å². The predicted octanol–water partition coefficient (Wildman–Crippen LogP) is 0.263. The van der Waals surface area contributed by atoms with Gasteiger partial charge in [0.05, 0.1) is 16.6 Å². The van der Waals surface area contributed by atoms with Gasteiger partial charge in [-0.2, -0.15) is 5.26 Å². The van der Waals surface area contributed by atoms with Crippen LogP contribution in [0.3, 0.4) is 0 Å². The summed E-state index contributed by atoms with van der Waals surface area (Å²) in [5, 5.41) is 11.0. The van der Waals surface area contributed by atoms with Gasteiger partial charge in [-0.25, -0.2) is 0 Å². The SMILES string of the molecule is N#CC1=CN2CC=c3cccnc3=C2C=C1. The molecule has 16 heavy (non-hydrogen) atoms. The van der Waals surface area contributed by atoms with E-state index in [0.717, 1.165) is 22.8 Å². The average molecular weight is 207 g/mol. The number of pyridine rings is 1. The highest BCUT2D eigenvalue weighted by Crippen LogP contribution is 2.16. The number of rotatable bonds is 0. The van der Waals surface area contributed by atoms with Crippen LogP contribution in [0.25, 0.3) is 11.8 Å². The molecule has 0 N–H and O–H groups in total. The van der Waals surface area contributed by atoms with Gasteiger partial charge in [-0.15, -0.1) is 0 Å². The van der Waals surface area contributed by atoms with Crippen molar-refractivity contribution in [3.63, 3.8) is 0 Å². The number of nitrogens with zero attached hydrogens (tertiary/aromatic N) is 3. The fourth-order valence-corrected chi connectivity index (χ4v) is 1.97. The highest BCUT2D eigenvalue weighted by Gasteiger charge is 2.14. The quantitative estimate of drug-likeness (QED) is 0.612. The first-order chi connectivity index (χ1) is 7.88. The Morgan fingerprint density at radius 1 is 1.38 bits per heavy atom. The average Bonchev–Trinajstić information content (AvgIpc) is 2.38. The topological polar surface area (TPSA) is 39.9 Å². The molecular weight excluding hydrogens is 198 g/mol. The minimum Gasteiger partial charge on any atom is -0.341 e. The Kier molecular flexibility index (Phi) is 1.87. The third-order valence-electron chi connectivity index (χ3n) is 2.74. The Labute approximate surface area is 93.0 Å². The van der Waals surface area contributed by atoms with Crippen molar-refractivity contribution in [2.75, 3.05) is 6.54 Å². The molecule has 3 heteroatoms. The summed E-state index contributed by atoms with van der Waals surface area (Å²) in [5.74, 6) is 0. The molecule has 2 aliphatic heterocycles. The third-order valence-corrected chi connectivity index (χ3v) is 2.74. The van der Waals surface area contributed by atoms with Crippen LogP contribution >= 0.6 is 0 Å². The maximum atomic E-state index is 8.85. The normalized spacial score (nSPS) is 16.8. The summed E-state index contributed by atoms with van der Waals surface area (Å²) in [5.41, 5.74) is 1.74. The van der Waals surface area contributed by atoms with Crippen LogP contribution in [0.4, 0.5) is 0 Å². The molecule has 76 valence electrons. The van der Waals surface area contributed by atoms with Crippen LogP contribution in [0.5, 0.6) is 0 Å². The second kappa shape index (κ2) is 3.35. The van der Waals surface area contributed by atoms with Crippen LogP contribution in [0.2, 0.25) is 0 Å². The van der Waals surface area contributed by atoms with Crippen molar-refractivity contribution in [3.8, 4) is 6.07 Å². The van der Waals surface area contributed by atoms with Crippen LogP contribution in [0, 0.1) is 11.3 Å². The lowest BCUT2D eigenvalue weighted by atomic mass is 10.1. The number of hydrogen-bond donors (Lipinski definition) is 0. The second-order valence-corrected chi connectivity index (χ2v) is 3.71. The summed E-state index contributed by atoms with van der Waals surface area (Å²) in [6, 6.07) is 6.14. The van der Waals surface area contributed by atoms with Crippen LogP contribution < -0.4 is 10.6 Å². The van der Waals surface area contributed by atoms with Gasteiger partial charge in [0.1, 0.15) is 6.07 Å². The number of nitriles is 1. The summed E-state index contributed by atoms with van der Waals surface area (Å²) < 4.78 is 0. The van der Waals surface area contributed by atoms with Crippen molar-refractivity contribution >= 4 is 11.8 Å². The van der Waals surface area contributed by atoms with Gasteiger partial charge in [-0.3, -0.25) is 4.98 Å². The van der Waals surface area contributed by atoms with Crippen LogP contribution in [0.1, 0.15) is 0 Å². The van der Waals surface area contributed by atoms with Crippen molar-refractivity contribution in [3.05, 3.63) is 52.8 Å². The smallest absolute Gasteiger partial charge is 0.101 e. The molecule has 3 heterocycles. The molecule has 0 unspecified atom stereocenters. The van der Waals surface area contributed by atoms with Crippen LogP contribution in [-0.4, -0.2) is 16.4 Å². The molecule has 0 fully saturated rings. The molecule has 0 bridgehead atoms. The lowest BCUT2D eigenvalue weighted by Gasteiger charge is -2.25. The molecule has 3 rings (SSSR count). The van der Waals surface area contributed by atoms with Crippen molar-refractivity contribution in [2.24, 2.45) is 0 Å². The van der Waals surface area contributed by atoms with Gasteiger partial charge in [-0.1, -0.05) is 12.1 Å². The minimum atomic E-state index is 0.677. The van der Waals surface area contributed by atoms with E-state index in [2.05, 4.69) is 23.2 Å². The lowest BCUT2D eigenvalue weighted by molar-refractivity contribution is 0.591. The van der Waals surface area contributed by atoms with Crippen molar-refractivity contribution < 1.29 is 0 Å². The van der Waals surface area contributed by atoms with E-state index >= 15 is 0 Å². The van der Waals surface area contributed by atoms with Gasteiger partial charge >= 0.3 is 0 Å². The monoisotopic (exact) mass is 207 g/mol. The molecule has 0 amide bonds. The summed E-state index contributed by atoms with van der Waals surface area (Å²) >= 11 is 0.